The Balaban J connectivity index is 1.62. The van der Waals surface area contributed by atoms with E-state index in [9.17, 15) is 4.79 Å². The molecule has 1 amide bonds. The molecule has 0 aliphatic rings. The molecule has 26 heavy (non-hydrogen) atoms. The van der Waals surface area contributed by atoms with Crippen molar-refractivity contribution in [1.82, 2.24) is 10.3 Å². The molecular formula is C22H22N2OS. The van der Waals surface area contributed by atoms with Crippen LogP contribution < -0.4 is 5.32 Å². The van der Waals surface area contributed by atoms with Crippen LogP contribution in [-0.4, -0.2) is 16.9 Å². The minimum absolute atomic E-state index is 0.0721. The van der Waals surface area contributed by atoms with Crippen molar-refractivity contribution in [1.29, 1.82) is 0 Å². The van der Waals surface area contributed by atoms with Gasteiger partial charge in [-0.1, -0.05) is 60.3 Å². The number of nitrogens with zero attached hydrogens (tertiary/aromatic N) is 1. The maximum Gasteiger partial charge on any atom is 0.254 e. The summed E-state index contributed by atoms with van der Waals surface area (Å²) >= 11 is 1.51. The van der Waals surface area contributed by atoms with E-state index < -0.39 is 0 Å². The van der Waals surface area contributed by atoms with E-state index in [0.717, 1.165) is 22.8 Å². The molecule has 1 aromatic heterocycles. The van der Waals surface area contributed by atoms with Gasteiger partial charge in [0.1, 0.15) is 5.03 Å². The average molecular weight is 362 g/mol. The molecule has 2 aromatic carbocycles. The summed E-state index contributed by atoms with van der Waals surface area (Å²) in [5.74, 6) is -0.0721. The van der Waals surface area contributed by atoms with Gasteiger partial charge in [-0.2, -0.15) is 0 Å². The predicted octanol–water partition coefficient (Wildman–Crippen LogP) is 4.98. The van der Waals surface area contributed by atoms with Crippen molar-refractivity contribution in [2.24, 2.45) is 0 Å². The molecule has 4 heteroatoms. The van der Waals surface area contributed by atoms with Crippen LogP contribution in [0.1, 0.15) is 29.3 Å². The van der Waals surface area contributed by atoms with Crippen LogP contribution in [0.5, 0.6) is 0 Å². The van der Waals surface area contributed by atoms with E-state index in [1.54, 1.807) is 12.3 Å². The van der Waals surface area contributed by atoms with Crippen molar-refractivity contribution in [3.8, 4) is 0 Å². The fourth-order valence-electron chi connectivity index (χ4n) is 2.65. The van der Waals surface area contributed by atoms with Gasteiger partial charge in [-0.25, -0.2) is 4.98 Å². The fourth-order valence-corrected chi connectivity index (χ4v) is 3.55. The van der Waals surface area contributed by atoms with E-state index in [2.05, 4.69) is 22.4 Å². The first-order valence-electron chi connectivity index (χ1n) is 8.75. The molecule has 3 aromatic rings. The summed E-state index contributed by atoms with van der Waals surface area (Å²) in [4.78, 5) is 18.2. The molecule has 3 rings (SSSR count). The van der Waals surface area contributed by atoms with Gasteiger partial charge in [-0.05, 0) is 49.6 Å². The van der Waals surface area contributed by atoms with E-state index >= 15 is 0 Å². The lowest BCUT2D eigenvalue weighted by molar-refractivity contribution is 0.0934. The Morgan fingerprint density at radius 3 is 2.42 bits per heavy atom. The van der Waals surface area contributed by atoms with Gasteiger partial charge in [0.15, 0.2) is 0 Å². The monoisotopic (exact) mass is 362 g/mol. The first kappa shape index (κ1) is 18.2. The van der Waals surface area contributed by atoms with Crippen LogP contribution in [-0.2, 0) is 6.42 Å². The van der Waals surface area contributed by atoms with Crippen molar-refractivity contribution in [3.05, 3.63) is 90.1 Å². The normalized spacial score (nSPS) is 11.7. The Bertz CT molecular complexity index is 837. The SMILES string of the molecule is C[C@H](CCc1ccccc1)NC(=O)c1cccnc1Sc1ccccc1. The van der Waals surface area contributed by atoms with Crippen LogP contribution >= 0.6 is 11.8 Å². The van der Waals surface area contributed by atoms with Crippen molar-refractivity contribution in [2.75, 3.05) is 0 Å². The second-order valence-electron chi connectivity index (χ2n) is 6.17. The van der Waals surface area contributed by atoms with Crippen LogP contribution in [0.2, 0.25) is 0 Å². The Morgan fingerprint density at radius 1 is 1.00 bits per heavy atom. The second-order valence-corrected chi connectivity index (χ2v) is 7.23. The number of pyridine rings is 1. The Hall–Kier alpha value is -2.59. The highest BCUT2D eigenvalue weighted by Crippen LogP contribution is 2.28. The lowest BCUT2D eigenvalue weighted by Crippen LogP contribution is -2.33. The fraction of sp³-hybridized carbons (Fsp3) is 0.182. The van der Waals surface area contributed by atoms with E-state index in [4.69, 9.17) is 0 Å². The summed E-state index contributed by atoms with van der Waals surface area (Å²) in [6.45, 7) is 2.04. The highest BCUT2D eigenvalue weighted by molar-refractivity contribution is 7.99. The highest BCUT2D eigenvalue weighted by Gasteiger charge is 2.15. The molecule has 0 spiro atoms. The maximum absolute atomic E-state index is 12.7. The Morgan fingerprint density at radius 2 is 1.69 bits per heavy atom. The van der Waals surface area contributed by atoms with Crippen molar-refractivity contribution in [3.63, 3.8) is 0 Å². The molecule has 0 aliphatic carbocycles. The summed E-state index contributed by atoms with van der Waals surface area (Å²) in [7, 11) is 0. The third-order valence-electron chi connectivity index (χ3n) is 4.06. The number of carbonyl (C=O) groups is 1. The van der Waals surface area contributed by atoms with E-state index in [1.807, 2.05) is 61.5 Å². The third-order valence-corrected chi connectivity index (χ3v) is 5.09. The van der Waals surface area contributed by atoms with Gasteiger partial charge < -0.3 is 5.32 Å². The first-order valence-corrected chi connectivity index (χ1v) is 9.57. The average Bonchev–Trinajstić information content (AvgIpc) is 2.68. The van der Waals surface area contributed by atoms with Crippen LogP contribution in [0.3, 0.4) is 0 Å². The van der Waals surface area contributed by atoms with E-state index in [1.165, 1.54) is 17.3 Å². The predicted molar refractivity (Wildman–Crippen MR) is 106 cm³/mol. The molecule has 1 heterocycles. The van der Waals surface area contributed by atoms with E-state index in [-0.39, 0.29) is 11.9 Å². The van der Waals surface area contributed by atoms with Gasteiger partial charge in [-0.3, -0.25) is 4.79 Å². The molecule has 3 nitrogen and oxygen atoms in total. The largest absolute Gasteiger partial charge is 0.349 e. The summed E-state index contributed by atoms with van der Waals surface area (Å²) in [5, 5.41) is 3.83. The number of rotatable bonds is 7. The second kappa shape index (κ2) is 9.20. The lowest BCUT2D eigenvalue weighted by atomic mass is 10.1. The molecule has 132 valence electrons. The number of carbonyl (C=O) groups excluding carboxylic acids is 1. The van der Waals surface area contributed by atoms with Crippen molar-refractivity contribution in [2.45, 2.75) is 35.7 Å². The van der Waals surface area contributed by atoms with Crippen LogP contribution in [0.4, 0.5) is 0 Å². The summed E-state index contributed by atoms with van der Waals surface area (Å²) in [6, 6.07) is 24.0. The zero-order chi connectivity index (χ0) is 18.2. The maximum atomic E-state index is 12.7. The van der Waals surface area contributed by atoms with Gasteiger partial charge in [0.25, 0.3) is 5.91 Å². The van der Waals surface area contributed by atoms with Crippen molar-refractivity contribution < 1.29 is 4.79 Å². The van der Waals surface area contributed by atoms with Gasteiger partial charge in [0.05, 0.1) is 5.56 Å². The Labute approximate surface area is 158 Å². The number of hydrogen-bond donors (Lipinski definition) is 1. The number of nitrogens with one attached hydrogen (secondary N) is 1. The molecule has 0 aliphatic heterocycles. The molecule has 0 fully saturated rings. The molecule has 0 bridgehead atoms. The van der Waals surface area contributed by atoms with Crippen LogP contribution in [0.25, 0.3) is 0 Å². The number of hydrogen-bond acceptors (Lipinski definition) is 3. The van der Waals surface area contributed by atoms with Gasteiger partial charge in [0, 0.05) is 17.1 Å². The van der Waals surface area contributed by atoms with Gasteiger partial charge in [0.2, 0.25) is 0 Å². The van der Waals surface area contributed by atoms with Crippen molar-refractivity contribution >= 4 is 17.7 Å². The molecule has 1 N–H and O–H groups in total. The van der Waals surface area contributed by atoms with Gasteiger partial charge in [-0.15, -0.1) is 0 Å². The summed E-state index contributed by atoms with van der Waals surface area (Å²) < 4.78 is 0. The topological polar surface area (TPSA) is 42.0 Å². The minimum Gasteiger partial charge on any atom is -0.349 e. The molecule has 0 saturated heterocycles. The number of benzene rings is 2. The van der Waals surface area contributed by atoms with E-state index in [0.29, 0.717) is 5.56 Å². The molecule has 0 radical (unpaired) electrons. The zero-order valence-corrected chi connectivity index (χ0v) is 15.6. The minimum atomic E-state index is -0.0721. The number of aromatic nitrogens is 1. The molecule has 1 atom stereocenters. The third kappa shape index (κ3) is 5.20. The number of amides is 1. The summed E-state index contributed by atoms with van der Waals surface area (Å²) in [5.41, 5.74) is 1.91. The molecular weight excluding hydrogens is 340 g/mol. The quantitative estimate of drug-likeness (QED) is 0.644. The standard InChI is InChI=1S/C22H22N2OS/c1-17(14-15-18-9-4-2-5-10-18)24-21(25)20-13-8-16-23-22(20)26-19-11-6-3-7-12-19/h2-13,16-17H,14-15H2,1H3,(H,24,25)/t17-/m1/s1. The highest BCUT2D eigenvalue weighted by atomic mass is 32.2. The van der Waals surface area contributed by atoms with Crippen LogP contribution in [0.15, 0.2) is 88.9 Å². The summed E-state index contributed by atoms with van der Waals surface area (Å²) in [6.07, 6.45) is 3.57. The lowest BCUT2D eigenvalue weighted by Gasteiger charge is -2.15. The van der Waals surface area contributed by atoms with Crippen LogP contribution in [0, 0.1) is 0 Å². The molecule has 0 unspecified atom stereocenters. The smallest absolute Gasteiger partial charge is 0.254 e. The molecule has 0 saturated carbocycles. The van der Waals surface area contributed by atoms with Gasteiger partial charge >= 0.3 is 0 Å². The Kier molecular flexibility index (Phi) is 6.45. The number of aryl methyl sites for hydroxylation is 1. The zero-order valence-electron chi connectivity index (χ0n) is 14.8. The first-order chi connectivity index (χ1) is 12.7.